The lowest BCUT2D eigenvalue weighted by Gasteiger charge is -2.12. The fraction of sp³-hybridized carbons (Fsp3) is 0.286. The zero-order chi connectivity index (χ0) is 19.4. The summed E-state index contributed by atoms with van der Waals surface area (Å²) in [6, 6.07) is 11.5. The molecule has 0 aliphatic rings. The number of nitrogens with one attached hydrogen (secondary N) is 1. The van der Waals surface area contributed by atoms with E-state index in [1.165, 1.54) is 5.56 Å². The Morgan fingerprint density at radius 3 is 2.52 bits per heavy atom. The second-order valence-corrected chi connectivity index (χ2v) is 6.52. The molecule has 0 fully saturated rings. The number of ether oxygens (including phenoxy) is 1. The third kappa shape index (κ3) is 4.34. The number of hydrogen-bond donors (Lipinski definition) is 1. The molecule has 0 saturated heterocycles. The number of carbonyl (C=O) groups excluding carboxylic acids is 1. The minimum Gasteiger partial charge on any atom is -0.496 e. The Kier molecular flexibility index (Phi) is 5.54. The molecular formula is C21H23N3O3. The van der Waals surface area contributed by atoms with E-state index in [4.69, 9.17) is 9.15 Å². The van der Waals surface area contributed by atoms with Crippen LogP contribution in [-0.2, 0) is 11.2 Å². The first kappa shape index (κ1) is 18.6. The Bertz CT molecular complexity index is 940. The fourth-order valence-corrected chi connectivity index (χ4v) is 3.08. The van der Waals surface area contributed by atoms with Crippen molar-refractivity contribution >= 4 is 11.6 Å². The first-order valence-electron chi connectivity index (χ1n) is 8.81. The van der Waals surface area contributed by atoms with Crippen LogP contribution in [0.1, 0.15) is 29.0 Å². The van der Waals surface area contributed by atoms with E-state index < -0.39 is 0 Å². The maximum absolute atomic E-state index is 12.3. The number of benzene rings is 2. The van der Waals surface area contributed by atoms with Gasteiger partial charge >= 0.3 is 0 Å². The summed E-state index contributed by atoms with van der Waals surface area (Å²) in [4.78, 5) is 12.3. The molecule has 0 spiro atoms. The highest BCUT2D eigenvalue weighted by molar-refractivity contribution is 5.92. The van der Waals surface area contributed by atoms with E-state index in [9.17, 15) is 4.79 Å². The van der Waals surface area contributed by atoms with Crippen LogP contribution in [0.15, 0.2) is 40.8 Å². The zero-order valence-electron chi connectivity index (χ0n) is 16.0. The number of carbonyl (C=O) groups is 1. The summed E-state index contributed by atoms with van der Waals surface area (Å²) in [5.74, 6) is 1.38. The van der Waals surface area contributed by atoms with E-state index in [-0.39, 0.29) is 12.3 Å². The molecule has 0 aliphatic heterocycles. The summed E-state index contributed by atoms with van der Waals surface area (Å²) in [6.07, 6.45) is 0.637. The average molecular weight is 365 g/mol. The second-order valence-electron chi connectivity index (χ2n) is 6.52. The summed E-state index contributed by atoms with van der Waals surface area (Å²) in [7, 11) is 1.59. The van der Waals surface area contributed by atoms with Crippen LogP contribution in [0, 0.1) is 20.8 Å². The lowest BCUT2D eigenvalue weighted by atomic mass is 10.0. The molecule has 6 heteroatoms. The molecule has 3 aromatic rings. The van der Waals surface area contributed by atoms with Crippen molar-refractivity contribution in [3.63, 3.8) is 0 Å². The van der Waals surface area contributed by atoms with Gasteiger partial charge in [0.05, 0.1) is 12.7 Å². The molecule has 6 nitrogen and oxygen atoms in total. The van der Waals surface area contributed by atoms with Crippen molar-refractivity contribution in [3.05, 3.63) is 59.0 Å². The number of anilines is 1. The number of nitrogens with zero attached hydrogens (tertiary/aromatic N) is 2. The summed E-state index contributed by atoms with van der Waals surface area (Å²) < 4.78 is 11.0. The van der Waals surface area contributed by atoms with Crippen LogP contribution in [0.3, 0.4) is 0 Å². The van der Waals surface area contributed by atoms with E-state index in [0.29, 0.717) is 24.0 Å². The Hall–Kier alpha value is -3.15. The van der Waals surface area contributed by atoms with Gasteiger partial charge in [-0.25, -0.2) is 0 Å². The van der Waals surface area contributed by atoms with Crippen LogP contribution in [0.25, 0.3) is 11.5 Å². The quantitative estimate of drug-likeness (QED) is 0.707. The number of methoxy groups -OCH3 is 1. The van der Waals surface area contributed by atoms with Crippen molar-refractivity contribution in [1.82, 2.24) is 10.2 Å². The van der Waals surface area contributed by atoms with Crippen molar-refractivity contribution in [1.29, 1.82) is 0 Å². The van der Waals surface area contributed by atoms with Crippen LogP contribution in [0.2, 0.25) is 0 Å². The van der Waals surface area contributed by atoms with Crippen molar-refractivity contribution in [2.75, 3.05) is 12.4 Å². The molecule has 27 heavy (non-hydrogen) atoms. The number of rotatable bonds is 6. The van der Waals surface area contributed by atoms with Gasteiger partial charge in [0.2, 0.25) is 11.8 Å². The number of aromatic nitrogens is 2. The molecule has 0 saturated carbocycles. The van der Waals surface area contributed by atoms with E-state index in [1.807, 2.05) is 45.0 Å². The standard InChI is InChI=1S/C21H23N3O3/c1-13-11-14(2)20(15(3)12-13)22-18(25)9-10-19-23-24-21(27-19)16-7-5-6-8-17(16)26-4/h5-8,11-12H,9-10H2,1-4H3,(H,22,25). The highest BCUT2D eigenvalue weighted by Gasteiger charge is 2.14. The Morgan fingerprint density at radius 2 is 1.81 bits per heavy atom. The Morgan fingerprint density at radius 1 is 1.11 bits per heavy atom. The van der Waals surface area contributed by atoms with Gasteiger partial charge in [0.1, 0.15) is 5.75 Å². The molecule has 0 radical (unpaired) electrons. The fourth-order valence-electron chi connectivity index (χ4n) is 3.08. The maximum atomic E-state index is 12.3. The number of hydrogen-bond acceptors (Lipinski definition) is 5. The SMILES string of the molecule is COc1ccccc1-c1nnc(CCC(=O)Nc2c(C)cc(C)cc2C)o1. The van der Waals surface area contributed by atoms with Gasteiger partial charge in [-0.2, -0.15) is 0 Å². The van der Waals surface area contributed by atoms with Gasteiger partial charge in [-0.05, 0) is 44.0 Å². The molecule has 0 atom stereocenters. The molecule has 2 aromatic carbocycles. The van der Waals surface area contributed by atoms with E-state index in [2.05, 4.69) is 27.6 Å². The Balaban J connectivity index is 1.64. The average Bonchev–Trinajstić information content (AvgIpc) is 3.11. The number of aryl methyl sites for hydroxylation is 4. The van der Waals surface area contributed by atoms with Gasteiger partial charge in [-0.3, -0.25) is 4.79 Å². The molecule has 0 bridgehead atoms. The predicted octanol–water partition coefficient (Wildman–Crippen LogP) is 4.24. The molecule has 1 aromatic heterocycles. The van der Waals surface area contributed by atoms with Gasteiger partial charge in [-0.15, -0.1) is 10.2 Å². The second kappa shape index (κ2) is 8.03. The smallest absolute Gasteiger partial charge is 0.251 e. The van der Waals surface area contributed by atoms with Crippen molar-refractivity contribution in [2.45, 2.75) is 33.6 Å². The van der Waals surface area contributed by atoms with Gasteiger partial charge in [0.25, 0.3) is 5.89 Å². The topological polar surface area (TPSA) is 77.2 Å². The predicted molar refractivity (Wildman–Crippen MR) is 104 cm³/mol. The number of amides is 1. The molecule has 1 N–H and O–H groups in total. The lowest BCUT2D eigenvalue weighted by Crippen LogP contribution is -2.14. The van der Waals surface area contributed by atoms with Crippen molar-refractivity contribution in [2.24, 2.45) is 0 Å². The molecule has 1 amide bonds. The summed E-state index contributed by atoms with van der Waals surface area (Å²) >= 11 is 0. The Labute approximate surface area is 158 Å². The third-order valence-corrected chi connectivity index (χ3v) is 4.31. The van der Waals surface area contributed by atoms with Crippen LogP contribution in [0.4, 0.5) is 5.69 Å². The van der Waals surface area contributed by atoms with Crippen molar-refractivity contribution in [3.8, 4) is 17.2 Å². The highest BCUT2D eigenvalue weighted by Crippen LogP contribution is 2.28. The molecule has 0 aliphatic carbocycles. The molecule has 3 rings (SSSR count). The molecule has 140 valence electrons. The minimum atomic E-state index is -0.0814. The van der Waals surface area contributed by atoms with E-state index in [0.717, 1.165) is 22.4 Å². The summed E-state index contributed by atoms with van der Waals surface area (Å²) in [6.45, 7) is 6.03. The van der Waals surface area contributed by atoms with E-state index >= 15 is 0 Å². The summed E-state index contributed by atoms with van der Waals surface area (Å²) in [5, 5.41) is 11.1. The zero-order valence-corrected chi connectivity index (χ0v) is 16.0. The highest BCUT2D eigenvalue weighted by atomic mass is 16.5. The van der Waals surface area contributed by atoms with Gasteiger partial charge < -0.3 is 14.5 Å². The normalized spacial score (nSPS) is 10.7. The van der Waals surface area contributed by atoms with Crippen molar-refractivity contribution < 1.29 is 13.9 Å². The third-order valence-electron chi connectivity index (χ3n) is 4.31. The van der Waals surface area contributed by atoms with E-state index in [1.54, 1.807) is 7.11 Å². The van der Waals surface area contributed by atoms with Crippen LogP contribution < -0.4 is 10.1 Å². The van der Waals surface area contributed by atoms with Crippen LogP contribution in [0.5, 0.6) is 5.75 Å². The lowest BCUT2D eigenvalue weighted by molar-refractivity contribution is -0.116. The van der Waals surface area contributed by atoms with Gasteiger partial charge in [-0.1, -0.05) is 29.8 Å². The summed E-state index contributed by atoms with van der Waals surface area (Å²) in [5.41, 5.74) is 4.88. The maximum Gasteiger partial charge on any atom is 0.251 e. The van der Waals surface area contributed by atoms with Gasteiger partial charge in [0, 0.05) is 18.5 Å². The van der Waals surface area contributed by atoms with Gasteiger partial charge in [0.15, 0.2) is 0 Å². The largest absolute Gasteiger partial charge is 0.496 e. The number of para-hydroxylation sites is 1. The molecule has 0 unspecified atom stereocenters. The molecule has 1 heterocycles. The van der Waals surface area contributed by atoms with Crippen LogP contribution >= 0.6 is 0 Å². The monoisotopic (exact) mass is 365 g/mol. The molecular weight excluding hydrogens is 342 g/mol. The van der Waals surface area contributed by atoms with Crippen LogP contribution in [-0.4, -0.2) is 23.2 Å². The first-order chi connectivity index (χ1) is 13.0. The minimum absolute atomic E-state index is 0.0814. The first-order valence-corrected chi connectivity index (χ1v) is 8.81.